The number of aromatic nitrogens is 3. The van der Waals surface area contributed by atoms with Crippen molar-refractivity contribution in [3.63, 3.8) is 0 Å². The minimum absolute atomic E-state index is 0.186. The molecule has 0 radical (unpaired) electrons. The highest BCUT2D eigenvalue weighted by Crippen LogP contribution is 2.16. The van der Waals surface area contributed by atoms with Crippen LogP contribution in [0, 0.1) is 0 Å². The van der Waals surface area contributed by atoms with Gasteiger partial charge in [-0.15, -0.1) is 0 Å². The van der Waals surface area contributed by atoms with Gasteiger partial charge in [-0.1, -0.05) is 19.9 Å². The Morgan fingerprint density at radius 2 is 2.32 bits per heavy atom. The summed E-state index contributed by atoms with van der Waals surface area (Å²) in [7, 11) is 0. The molecule has 1 amide bonds. The van der Waals surface area contributed by atoms with E-state index in [1.807, 2.05) is 12.1 Å². The Morgan fingerprint density at radius 3 is 2.96 bits per heavy atom. The van der Waals surface area contributed by atoms with Gasteiger partial charge < -0.3 is 15.0 Å². The first kappa shape index (κ1) is 17.4. The molecule has 0 bridgehead atoms. The Morgan fingerprint density at radius 1 is 1.48 bits per heavy atom. The molecule has 7 nitrogen and oxygen atoms in total. The maximum atomic E-state index is 12.2. The van der Waals surface area contributed by atoms with Gasteiger partial charge in [-0.05, 0) is 30.5 Å². The van der Waals surface area contributed by atoms with Crippen molar-refractivity contribution >= 4 is 11.7 Å². The average molecular weight is 343 g/mol. The van der Waals surface area contributed by atoms with Crippen molar-refractivity contribution in [2.75, 3.05) is 24.6 Å². The molecule has 0 aromatic carbocycles. The summed E-state index contributed by atoms with van der Waals surface area (Å²) < 4.78 is 5.55. The second-order valence-electron chi connectivity index (χ2n) is 6.70. The largest absolute Gasteiger partial charge is 0.375 e. The number of aromatic amines is 1. The van der Waals surface area contributed by atoms with Crippen LogP contribution in [0.1, 0.15) is 48.4 Å². The third-order valence-corrected chi connectivity index (χ3v) is 4.28. The summed E-state index contributed by atoms with van der Waals surface area (Å²) in [6.07, 6.45) is 2.03. The van der Waals surface area contributed by atoms with E-state index in [-0.39, 0.29) is 12.0 Å². The molecule has 1 atom stereocenters. The number of nitrogens with one attached hydrogen (secondary N) is 2. The molecule has 7 heteroatoms. The summed E-state index contributed by atoms with van der Waals surface area (Å²) in [6.45, 7) is 9.02. The number of morpholine rings is 1. The molecule has 0 saturated carbocycles. The number of carbonyl (C=O) groups is 1. The van der Waals surface area contributed by atoms with Crippen LogP contribution in [-0.2, 0) is 11.3 Å². The van der Waals surface area contributed by atoms with Crippen molar-refractivity contribution in [2.24, 2.45) is 0 Å². The molecule has 134 valence electrons. The summed E-state index contributed by atoms with van der Waals surface area (Å²) in [5.74, 6) is 1.07. The summed E-state index contributed by atoms with van der Waals surface area (Å²) in [4.78, 5) is 18.9. The van der Waals surface area contributed by atoms with E-state index < -0.39 is 0 Å². The summed E-state index contributed by atoms with van der Waals surface area (Å²) in [5, 5.41) is 9.83. The maximum Gasteiger partial charge on any atom is 0.272 e. The van der Waals surface area contributed by atoms with Crippen molar-refractivity contribution in [3.05, 3.63) is 41.3 Å². The number of hydrogen-bond donors (Lipinski definition) is 2. The van der Waals surface area contributed by atoms with Gasteiger partial charge >= 0.3 is 0 Å². The number of amides is 1. The second-order valence-corrected chi connectivity index (χ2v) is 6.70. The Balaban J connectivity index is 1.55. The Hall–Kier alpha value is -2.41. The molecule has 1 aliphatic heterocycles. The molecule has 2 N–H and O–H groups in total. The van der Waals surface area contributed by atoms with Gasteiger partial charge in [0.05, 0.1) is 12.7 Å². The SMILES string of the molecule is CC(C)c1cc(C(=O)NCc2ccc(N3CCO[C@H](C)C3)nc2)n[nH]1. The third-order valence-electron chi connectivity index (χ3n) is 4.28. The first-order valence-corrected chi connectivity index (χ1v) is 8.68. The van der Waals surface area contributed by atoms with Crippen LogP contribution in [-0.4, -0.2) is 46.9 Å². The van der Waals surface area contributed by atoms with E-state index in [1.165, 1.54) is 0 Å². The van der Waals surface area contributed by atoms with E-state index in [2.05, 4.69) is 46.2 Å². The molecule has 3 rings (SSSR count). The van der Waals surface area contributed by atoms with Crippen molar-refractivity contribution in [1.82, 2.24) is 20.5 Å². The van der Waals surface area contributed by atoms with Gasteiger partial charge in [0.15, 0.2) is 0 Å². The number of ether oxygens (including phenoxy) is 1. The van der Waals surface area contributed by atoms with E-state index >= 15 is 0 Å². The van der Waals surface area contributed by atoms with Crippen LogP contribution in [0.4, 0.5) is 5.82 Å². The topological polar surface area (TPSA) is 83.1 Å². The molecule has 1 saturated heterocycles. The second kappa shape index (κ2) is 7.65. The molecule has 2 aromatic heterocycles. The van der Waals surface area contributed by atoms with Gasteiger partial charge in [0.2, 0.25) is 0 Å². The van der Waals surface area contributed by atoms with Gasteiger partial charge in [-0.25, -0.2) is 4.98 Å². The average Bonchev–Trinajstić information content (AvgIpc) is 3.11. The zero-order chi connectivity index (χ0) is 17.8. The predicted octanol–water partition coefficient (Wildman–Crippen LogP) is 2.08. The van der Waals surface area contributed by atoms with E-state index in [9.17, 15) is 4.79 Å². The number of carbonyl (C=O) groups excluding carboxylic acids is 1. The third kappa shape index (κ3) is 4.36. The number of nitrogens with zero attached hydrogens (tertiary/aromatic N) is 3. The van der Waals surface area contributed by atoms with Crippen LogP contribution in [0.2, 0.25) is 0 Å². The van der Waals surface area contributed by atoms with Crippen molar-refractivity contribution < 1.29 is 9.53 Å². The summed E-state index contributed by atoms with van der Waals surface area (Å²) in [5.41, 5.74) is 2.32. The molecule has 0 spiro atoms. The fourth-order valence-corrected chi connectivity index (χ4v) is 2.76. The zero-order valence-corrected chi connectivity index (χ0v) is 15.0. The highest BCUT2D eigenvalue weighted by molar-refractivity contribution is 5.92. The van der Waals surface area contributed by atoms with E-state index in [4.69, 9.17) is 4.74 Å². The number of hydrogen-bond acceptors (Lipinski definition) is 5. The van der Waals surface area contributed by atoms with Crippen LogP contribution >= 0.6 is 0 Å². The van der Waals surface area contributed by atoms with E-state index in [1.54, 1.807) is 12.3 Å². The quantitative estimate of drug-likeness (QED) is 0.868. The molecular formula is C18H25N5O2. The van der Waals surface area contributed by atoms with Gasteiger partial charge in [-0.3, -0.25) is 9.89 Å². The zero-order valence-electron chi connectivity index (χ0n) is 15.0. The first-order valence-electron chi connectivity index (χ1n) is 8.68. The Bertz CT molecular complexity index is 711. The van der Waals surface area contributed by atoms with Crippen LogP contribution in [0.5, 0.6) is 0 Å². The lowest BCUT2D eigenvalue weighted by Crippen LogP contribution is -2.41. The fraction of sp³-hybridized carbons (Fsp3) is 0.500. The molecule has 1 fully saturated rings. The van der Waals surface area contributed by atoms with Crippen LogP contribution in [0.15, 0.2) is 24.4 Å². The molecule has 2 aromatic rings. The molecule has 1 aliphatic rings. The monoisotopic (exact) mass is 343 g/mol. The molecular weight excluding hydrogens is 318 g/mol. The first-order chi connectivity index (χ1) is 12.0. The maximum absolute atomic E-state index is 12.2. The molecule has 0 aliphatic carbocycles. The standard InChI is InChI=1S/C18H25N5O2/c1-12(2)15-8-16(22-21-15)18(24)20-10-14-4-5-17(19-9-14)23-6-7-25-13(3)11-23/h4-5,8-9,12-13H,6-7,10-11H2,1-3H3,(H,20,24)(H,21,22)/t13-/m1/s1. The predicted molar refractivity (Wildman–Crippen MR) is 95.7 cm³/mol. The highest BCUT2D eigenvalue weighted by Gasteiger charge is 2.18. The lowest BCUT2D eigenvalue weighted by Gasteiger charge is -2.32. The van der Waals surface area contributed by atoms with Gasteiger partial charge in [-0.2, -0.15) is 5.10 Å². The number of anilines is 1. The normalized spacial score (nSPS) is 17.8. The van der Waals surface area contributed by atoms with Crippen LogP contribution < -0.4 is 10.2 Å². The Labute approximate surface area is 147 Å². The number of pyridine rings is 1. The van der Waals surface area contributed by atoms with E-state index in [0.29, 0.717) is 18.2 Å². The van der Waals surface area contributed by atoms with Crippen molar-refractivity contribution in [1.29, 1.82) is 0 Å². The molecule has 3 heterocycles. The van der Waals surface area contributed by atoms with Gasteiger partial charge in [0.1, 0.15) is 11.5 Å². The number of rotatable bonds is 5. The fourth-order valence-electron chi connectivity index (χ4n) is 2.76. The smallest absolute Gasteiger partial charge is 0.272 e. The van der Waals surface area contributed by atoms with Crippen molar-refractivity contribution in [3.8, 4) is 0 Å². The van der Waals surface area contributed by atoms with Crippen LogP contribution in [0.3, 0.4) is 0 Å². The summed E-state index contributed by atoms with van der Waals surface area (Å²) >= 11 is 0. The summed E-state index contributed by atoms with van der Waals surface area (Å²) in [6, 6.07) is 5.78. The van der Waals surface area contributed by atoms with Crippen LogP contribution in [0.25, 0.3) is 0 Å². The van der Waals surface area contributed by atoms with Crippen molar-refractivity contribution in [2.45, 2.75) is 39.3 Å². The minimum Gasteiger partial charge on any atom is -0.375 e. The lowest BCUT2D eigenvalue weighted by atomic mass is 10.1. The number of H-pyrrole nitrogens is 1. The molecule has 25 heavy (non-hydrogen) atoms. The highest BCUT2D eigenvalue weighted by atomic mass is 16.5. The minimum atomic E-state index is -0.186. The van der Waals surface area contributed by atoms with E-state index in [0.717, 1.165) is 36.8 Å². The lowest BCUT2D eigenvalue weighted by molar-refractivity contribution is 0.0529. The Kier molecular flexibility index (Phi) is 5.33. The molecule has 0 unspecified atom stereocenters. The van der Waals surface area contributed by atoms with Gasteiger partial charge in [0, 0.05) is 31.5 Å². The van der Waals surface area contributed by atoms with Gasteiger partial charge in [0.25, 0.3) is 5.91 Å².